The highest BCUT2D eigenvalue weighted by atomic mass is 16.5. The number of ether oxygens (including phenoxy) is 1. The Hall–Kier alpha value is -1.96. The number of methoxy groups -OCH3 is 1. The van der Waals surface area contributed by atoms with Gasteiger partial charge in [0, 0.05) is 13.6 Å². The van der Waals surface area contributed by atoms with E-state index in [0.29, 0.717) is 12.2 Å². The van der Waals surface area contributed by atoms with Crippen LogP contribution in [-0.2, 0) is 16.1 Å². The Balaban J connectivity index is 2.30. The van der Waals surface area contributed by atoms with Crippen molar-refractivity contribution in [1.29, 1.82) is 0 Å². The number of nitrogens with one attached hydrogen (secondary N) is 1. The highest BCUT2D eigenvalue weighted by molar-refractivity contribution is 5.88. The van der Waals surface area contributed by atoms with Crippen molar-refractivity contribution in [2.24, 2.45) is 0 Å². The van der Waals surface area contributed by atoms with E-state index in [0.717, 1.165) is 19.4 Å². The quantitative estimate of drug-likeness (QED) is 0.767. The molecule has 0 aromatic carbocycles. The number of nitrogens with zero attached hydrogens (tertiary/aromatic N) is 4. The van der Waals surface area contributed by atoms with Crippen molar-refractivity contribution in [2.45, 2.75) is 32.4 Å². The smallest absolute Gasteiger partial charge is 0.360 e. The van der Waals surface area contributed by atoms with Crippen molar-refractivity contribution in [3.63, 3.8) is 0 Å². The van der Waals surface area contributed by atoms with Gasteiger partial charge >= 0.3 is 5.97 Å². The van der Waals surface area contributed by atoms with E-state index in [1.165, 1.54) is 11.8 Å². The van der Waals surface area contributed by atoms with Gasteiger partial charge in [0.25, 0.3) is 0 Å². The summed E-state index contributed by atoms with van der Waals surface area (Å²) in [7, 11) is 3.04. The second-order valence-electron chi connectivity index (χ2n) is 5.03. The minimum Gasteiger partial charge on any atom is -0.464 e. The molecule has 0 radical (unpaired) electrons. The van der Waals surface area contributed by atoms with Crippen LogP contribution >= 0.6 is 0 Å². The molecular weight excluding hydrogens is 274 g/mol. The number of carbonyl (C=O) groups is 2. The van der Waals surface area contributed by atoms with E-state index in [9.17, 15) is 9.59 Å². The zero-order chi connectivity index (χ0) is 15.4. The third kappa shape index (κ3) is 3.21. The van der Waals surface area contributed by atoms with Gasteiger partial charge in [-0.15, -0.1) is 5.10 Å². The highest BCUT2D eigenvalue weighted by Crippen LogP contribution is 2.25. The van der Waals surface area contributed by atoms with Crippen molar-refractivity contribution < 1.29 is 14.3 Å². The van der Waals surface area contributed by atoms with Gasteiger partial charge in [-0.1, -0.05) is 5.21 Å². The molecule has 1 amide bonds. The number of amides is 1. The largest absolute Gasteiger partial charge is 0.464 e. The number of aromatic nitrogens is 3. The number of hydrogen-bond acceptors (Lipinski definition) is 6. The van der Waals surface area contributed by atoms with Crippen molar-refractivity contribution in [1.82, 2.24) is 25.2 Å². The van der Waals surface area contributed by atoms with E-state index in [1.807, 2.05) is 6.92 Å². The molecule has 1 aliphatic rings. The molecule has 2 rings (SSSR count). The molecule has 21 heavy (non-hydrogen) atoms. The van der Waals surface area contributed by atoms with E-state index in [2.05, 4.69) is 15.6 Å². The summed E-state index contributed by atoms with van der Waals surface area (Å²) in [5, 5.41) is 11.2. The van der Waals surface area contributed by atoms with Crippen molar-refractivity contribution in [2.75, 3.05) is 27.2 Å². The Morgan fingerprint density at radius 3 is 2.86 bits per heavy atom. The molecule has 1 N–H and O–H groups in total. The summed E-state index contributed by atoms with van der Waals surface area (Å²) in [5.74, 6) is -0.598. The maximum absolute atomic E-state index is 12.1. The fourth-order valence-corrected chi connectivity index (χ4v) is 2.37. The average Bonchev–Trinajstić information content (AvgIpc) is 3.14. The predicted octanol–water partition coefficient (Wildman–Crippen LogP) is -0.0325. The SMILES string of the molecule is CCN(C)C(=O)Cn1nnc(C(=O)OC)c1C1CCCN1. The Morgan fingerprint density at radius 2 is 2.29 bits per heavy atom. The molecule has 1 aromatic heterocycles. The van der Waals surface area contributed by atoms with Gasteiger partial charge in [-0.2, -0.15) is 0 Å². The molecule has 8 heteroatoms. The minimum atomic E-state index is -0.527. The Labute approximate surface area is 123 Å². The number of rotatable bonds is 5. The lowest BCUT2D eigenvalue weighted by molar-refractivity contribution is -0.130. The van der Waals surface area contributed by atoms with Gasteiger partial charge in [0.05, 0.1) is 18.8 Å². The third-order valence-corrected chi connectivity index (χ3v) is 3.73. The molecule has 1 atom stereocenters. The standard InChI is InChI=1S/C13H21N5O3/c1-4-17(2)10(19)8-18-12(9-6-5-7-14-9)11(15-16-18)13(20)21-3/h9,14H,4-8H2,1-3H3. The van der Waals surface area contributed by atoms with E-state index in [1.54, 1.807) is 11.9 Å². The molecule has 1 unspecified atom stereocenters. The minimum absolute atomic E-state index is 0.0196. The van der Waals surface area contributed by atoms with Crippen LogP contribution in [0.1, 0.15) is 42.0 Å². The van der Waals surface area contributed by atoms with Crippen LogP contribution in [0.3, 0.4) is 0 Å². The lowest BCUT2D eigenvalue weighted by Crippen LogP contribution is -2.32. The van der Waals surface area contributed by atoms with Gasteiger partial charge in [0.1, 0.15) is 6.54 Å². The predicted molar refractivity (Wildman–Crippen MR) is 74.7 cm³/mol. The normalized spacial score (nSPS) is 17.8. The fraction of sp³-hybridized carbons (Fsp3) is 0.692. The summed E-state index contributed by atoms with van der Waals surface area (Å²) in [4.78, 5) is 25.5. The molecule has 1 saturated heterocycles. The van der Waals surface area contributed by atoms with E-state index in [4.69, 9.17) is 4.74 Å². The van der Waals surface area contributed by atoms with E-state index >= 15 is 0 Å². The van der Waals surface area contributed by atoms with Crippen LogP contribution < -0.4 is 5.32 Å². The first-order chi connectivity index (χ1) is 10.1. The Bertz CT molecular complexity index is 522. The molecule has 0 aliphatic carbocycles. The van der Waals surface area contributed by atoms with Gasteiger partial charge in [-0.25, -0.2) is 9.48 Å². The molecule has 0 spiro atoms. The van der Waals surface area contributed by atoms with Gasteiger partial charge in [0.15, 0.2) is 5.69 Å². The number of hydrogen-bond donors (Lipinski definition) is 1. The summed E-state index contributed by atoms with van der Waals surface area (Å²) >= 11 is 0. The first-order valence-corrected chi connectivity index (χ1v) is 7.07. The van der Waals surface area contributed by atoms with Crippen LogP contribution in [0, 0.1) is 0 Å². The molecule has 1 aliphatic heterocycles. The molecule has 2 heterocycles. The zero-order valence-corrected chi connectivity index (χ0v) is 12.6. The molecule has 1 fully saturated rings. The number of likely N-dealkylation sites (N-methyl/N-ethyl adjacent to an activating group) is 1. The summed E-state index contributed by atoms with van der Waals surface area (Å²) in [6.07, 6.45) is 1.90. The fourth-order valence-electron chi connectivity index (χ4n) is 2.37. The summed E-state index contributed by atoms with van der Waals surface area (Å²) in [6.45, 7) is 3.47. The summed E-state index contributed by atoms with van der Waals surface area (Å²) in [6, 6.07) is -0.0196. The van der Waals surface area contributed by atoms with Crippen molar-refractivity contribution in [3.05, 3.63) is 11.4 Å². The van der Waals surface area contributed by atoms with Crippen LogP contribution in [0.25, 0.3) is 0 Å². The molecule has 116 valence electrons. The first-order valence-electron chi connectivity index (χ1n) is 7.07. The van der Waals surface area contributed by atoms with Crippen LogP contribution in [0.4, 0.5) is 0 Å². The molecular formula is C13H21N5O3. The number of carbonyl (C=O) groups excluding carboxylic acids is 2. The lowest BCUT2D eigenvalue weighted by atomic mass is 10.1. The second kappa shape index (κ2) is 6.66. The summed E-state index contributed by atoms with van der Waals surface area (Å²) in [5.41, 5.74) is 0.820. The van der Waals surface area contributed by atoms with E-state index < -0.39 is 5.97 Å². The molecule has 0 bridgehead atoms. The summed E-state index contributed by atoms with van der Waals surface area (Å²) < 4.78 is 6.25. The van der Waals surface area contributed by atoms with Gasteiger partial charge in [-0.3, -0.25) is 4.79 Å². The van der Waals surface area contributed by atoms with Gasteiger partial charge in [0.2, 0.25) is 5.91 Å². The second-order valence-corrected chi connectivity index (χ2v) is 5.03. The van der Waals surface area contributed by atoms with E-state index in [-0.39, 0.29) is 24.2 Å². The monoisotopic (exact) mass is 295 g/mol. The van der Waals surface area contributed by atoms with Crippen LogP contribution in [0.15, 0.2) is 0 Å². The molecule has 1 aromatic rings. The van der Waals surface area contributed by atoms with Gasteiger partial charge in [-0.05, 0) is 26.3 Å². The highest BCUT2D eigenvalue weighted by Gasteiger charge is 2.30. The van der Waals surface area contributed by atoms with Crippen LogP contribution in [0.2, 0.25) is 0 Å². The first kappa shape index (κ1) is 15.4. The topological polar surface area (TPSA) is 89.4 Å². The van der Waals surface area contributed by atoms with Crippen molar-refractivity contribution in [3.8, 4) is 0 Å². The maximum Gasteiger partial charge on any atom is 0.360 e. The van der Waals surface area contributed by atoms with Crippen LogP contribution in [-0.4, -0.2) is 59.0 Å². The zero-order valence-electron chi connectivity index (χ0n) is 12.6. The maximum atomic E-state index is 12.1. The number of esters is 1. The molecule has 8 nitrogen and oxygen atoms in total. The van der Waals surface area contributed by atoms with Gasteiger partial charge < -0.3 is 15.0 Å². The Kier molecular flexibility index (Phi) is 4.89. The van der Waals surface area contributed by atoms with Crippen LogP contribution in [0.5, 0.6) is 0 Å². The third-order valence-electron chi connectivity index (χ3n) is 3.73. The Morgan fingerprint density at radius 1 is 1.52 bits per heavy atom. The lowest BCUT2D eigenvalue weighted by Gasteiger charge is -2.17. The average molecular weight is 295 g/mol. The molecule has 0 saturated carbocycles. The van der Waals surface area contributed by atoms with Crippen molar-refractivity contribution >= 4 is 11.9 Å².